The number of hydrogen-bond donors (Lipinski definition) is 0. The Morgan fingerprint density at radius 2 is 1.83 bits per heavy atom. The molecule has 0 saturated carbocycles. The van der Waals surface area contributed by atoms with Crippen LogP contribution in [-0.2, 0) is 12.2 Å². The Labute approximate surface area is 171 Å². The number of benzene rings is 2. The van der Waals surface area contributed by atoms with Gasteiger partial charge in [-0.1, -0.05) is 36.0 Å². The van der Waals surface area contributed by atoms with E-state index in [-0.39, 0.29) is 5.63 Å². The van der Waals surface area contributed by atoms with E-state index in [4.69, 9.17) is 13.6 Å². The summed E-state index contributed by atoms with van der Waals surface area (Å²) in [6, 6.07) is 13.3. The van der Waals surface area contributed by atoms with Gasteiger partial charge < -0.3 is 13.6 Å². The zero-order valence-electron chi connectivity index (χ0n) is 16.4. The van der Waals surface area contributed by atoms with Crippen molar-refractivity contribution < 1.29 is 13.6 Å². The van der Waals surface area contributed by atoms with Crippen LogP contribution in [0.1, 0.15) is 28.1 Å². The van der Waals surface area contributed by atoms with Crippen LogP contribution < -0.4 is 10.4 Å². The molecule has 0 bridgehead atoms. The molecule has 0 fully saturated rings. The molecule has 4 aromatic rings. The van der Waals surface area contributed by atoms with Crippen LogP contribution in [0.25, 0.3) is 11.0 Å². The molecule has 0 radical (unpaired) electrons. The van der Waals surface area contributed by atoms with E-state index in [2.05, 4.69) is 10.2 Å². The van der Waals surface area contributed by atoms with Gasteiger partial charge in [-0.15, -0.1) is 10.2 Å². The van der Waals surface area contributed by atoms with Gasteiger partial charge in [0.15, 0.2) is 0 Å². The normalized spacial score (nSPS) is 11.1. The third-order valence-electron chi connectivity index (χ3n) is 4.83. The minimum atomic E-state index is -0.354. The largest absolute Gasteiger partial charge is 0.497 e. The highest BCUT2D eigenvalue weighted by molar-refractivity contribution is 7.98. The molecular formula is C22H20N2O4S. The van der Waals surface area contributed by atoms with Gasteiger partial charge in [0.2, 0.25) is 5.89 Å². The molecule has 4 rings (SSSR count). The maximum absolute atomic E-state index is 12.0. The molecule has 7 heteroatoms. The van der Waals surface area contributed by atoms with E-state index < -0.39 is 0 Å². The molecule has 2 aromatic heterocycles. The molecule has 148 valence electrons. The molecule has 0 aliphatic rings. The number of aromatic nitrogens is 2. The summed E-state index contributed by atoms with van der Waals surface area (Å²) in [5, 5.41) is 9.64. The van der Waals surface area contributed by atoms with E-state index in [1.165, 1.54) is 17.8 Å². The Balaban J connectivity index is 1.50. The van der Waals surface area contributed by atoms with Crippen LogP contribution in [-0.4, -0.2) is 17.3 Å². The number of methoxy groups -OCH3 is 1. The fourth-order valence-corrected chi connectivity index (χ4v) is 3.84. The first-order valence-electron chi connectivity index (χ1n) is 9.14. The fraction of sp³-hybridized carbons (Fsp3) is 0.227. The summed E-state index contributed by atoms with van der Waals surface area (Å²) in [6.07, 6.45) is 0.549. The Morgan fingerprint density at radius 1 is 1.03 bits per heavy atom. The van der Waals surface area contributed by atoms with E-state index in [1.54, 1.807) is 7.11 Å². The number of thioether (sulfide) groups is 1. The molecule has 2 aromatic carbocycles. The van der Waals surface area contributed by atoms with Crippen molar-refractivity contribution in [1.82, 2.24) is 10.2 Å². The minimum absolute atomic E-state index is 0.354. The van der Waals surface area contributed by atoms with Gasteiger partial charge in [-0.3, -0.25) is 0 Å². The number of nitrogens with zero attached hydrogens (tertiary/aromatic N) is 2. The van der Waals surface area contributed by atoms with Gasteiger partial charge in [-0.25, -0.2) is 4.79 Å². The average Bonchev–Trinajstić information content (AvgIpc) is 3.17. The Morgan fingerprint density at radius 3 is 2.59 bits per heavy atom. The zero-order valence-corrected chi connectivity index (χ0v) is 17.2. The predicted molar refractivity (Wildman–Crippen MR) is 112 cm³/mol. The van der Waals surface area contributed by atoms with E-state index >= 15 is 0 Å². The lowest BCUT2D eigenvalue weighted by atomic mass is 10.0. The molecule has 0 aliphatic heterocycles. The van der Waals surface area contributed by atoms with Crippen molar-refractivity contribution in [3.8, 4) is 5.75 Å². The lowest BCUT2D eigenvalue weighted by Gasteiger charge is -2.07. The van der Waals surface area contributed by atoms with Crippen molar-refractivity contribution in [1.29, 1.82) is 0 Å². The van der Waals surface area contributed by atoms with E-state index in [1.807, 2.05) is 50.2 Å². The summed E-state index contributed by atoms with van der Waals surface area (Å²) in [7, 11) is 1.64. The van der Waals surface area contributed by atoms with Crippen LogP contribution in [0.4, 0.5) is 0 Å². The molecule has 0 N–H and O–H groups in total. The Bertz CT molecular complexity index is 1210. The highest BCUT2D eigenvalue weighted by atomic mass is 32.2. The van der Waals surface area contributed by atoms with Crippen LogP contribution in [0.5, 0.6) is 5.75 Å². The highest BCUT2D eigenvalue weighted by Crippen LogP contribution is 2.28. The molecule has 0 spiro atoms. The monoisotopic (exact) mass is 408 g/mol. The second-order valence-electron chi connectivity index (χ2n) is 6.75. The lowest BCUT2D eigenvalue weighted by Crippen LogP contribution is -2.01. The smallest absolute Gasteiger partial charge is 0.336 e. The zero-order chi connectivity index (χ0) is 20.4. The van der Waals surface area contributed by atoms with Gasteiger partial charge in [0, 0.05) is 17.2 Å². The Kier molecular flexibility index (Phi) is 5.40. The van der Waals surface area contributed by atoms with Crippen molar-refractivity contribution in [3.63, 3.8) is 0 Å². The molecule has 0 unspecified atom stereocenters. The lowest BCUT2D eigenvalue weighted by molar-refractivity contribution is 0.413. The maximum Gasteiger partial charge on any atom is 0.336 e. The van der Waals surface area contributed by atoms with Gasteiger partial charge in [-0.2, -0.15) is 0 Å². The van der Waals surface area contributed by atoms with Crippen LogP contribution >= 0.6 is 11.8 Å². The molecular weight excluding hydrogens is 388 g/mol. The third-order valence-corrected chi connectivity index (χ3v) is 5.70. The molecule has 0 amide bonds. The van der Waals surface area contributed by atoms with Crippen LogP contribution in [0.3, 0.4) is 0 Å². The quantitative estimate of drug-likeness (QED) is 0.338. The standard InChI is InChI=1S/C22H20N2O4S/c1-13-4-9-18-16(11-20(25)28-21(18)14(13)2)12-29-22-24-23-19(27-22)10-15-5-7-17(26-3)8-6-15/h4-9,11H,10,12H2,1-3H3. The van der Waals surface area contributed by atoms with E-state index in [0.717, 1.165) is 33.4 Å². The van der Waals surface area contributed by atoms with E-state index in [9.17, 15) is 4.79 Å². The van der Waals surface area contributed by atoms with Gasteiger partial charge in [0.25, 0.3) is 5.22 Å². The molecule has 2 heterocycles. The third kappa shape index (κ3) is 4.19. The van der Waals surface area contributed by atoms with Gasteiger partial charge in [0.1, 0.15) is 11.3 Å². The summed E-state index contributed by atoms with van der Waals surface area (Å²) < 4.78 is 16.4. The van der Waals surface area contributed by atoms with Crippen LogP contribution in [0, 0.1) is 13.8 Å². The highest BCUT2D eigenvalue weighted by Gasteiger charge is 2.13. The second-order valence-corrected chi connectivity index (χ2v) is 7.68. The fourth-order valence-electron chi connectivity index (χ4n) is 3.07. The molecule has 6 nitrogen and oxygen atoms in total. The number of rotatable bonds is 6. The van der Waals surface area contributed by atoms with Crippen molar-refractivity contribution in [2.75, 3.05) is 7.11 Å². The predicted octanol–water partition coefficient (Wildman–Crippen LogP) is 4.68. The first kappa shape index (κ1) is 19.3. The van der Waals surface area contributed by atoms with Gasteiger partial charge >= 0.3 is 5.63 Å². The first-order chi connectivity index (χ1) is 14.0. The summed E-state index contributed by atoms with van der Waals surface area (Å²) in [5.74, 6) is 1.89. The summed E-state index contributed by atoms with van der Waals surface area (Å²) in [4.78, 5) is 12.0. The van der Waals surface area contributed by atoms with E-state index in [0.29, 0.717) is 28.9 Å². The average molecular weight is 408 g/mol. The summed E-state index contributed by atoms with van der Waals surface area (Å²) in [6.45, 7) is 3.96. The number of aryl methyl sites for hydroxylation is 2. The van der Waals surface area contributed by atoms with Crippen molar-refractivity contribution >= 4 is 22.7 Å². The number of fused-ring (bicyclic) bond motifs is 1. The minimum Gasteiger partial charge on any atom is -0.497 e. The number of hydrogen-bond acceptors (Lipinski definition) is 7. The molecule has 29 heavy (non-hydrogen) atoms. The topological polar surface area (TPSA) is 78.4 Å². The first-order valence-corrected chi connectivity index (χ1v) is 10.1. The molecule has 0 atom stereocenters. The molecule has 0 saturated heterocycles. The van der Waals surface area contributed by atoms with Crippen molar-refractivity contribution in [2.24, 2.45) is 0 Å². The van der Waals surface area contributed by atoms with Crippen molar-refractivity contribution in [2.45, 2.75) is 31.2 Å². The maximum atomic E-state index is 12.0. The van der Waals surface area contributed by atoms with Crippen molar-refractivity contribution in [3.05, 3.63) is 81.0 Å². The summed E-state index contributed by atoms with van der Waals surface area (Å²) >= 11 is 1.40. The second kappa shape index (κ2) is 8.13. The number of ether oxygens (including phenoxy) is 1. The van der Waals surface area contributed by atoms with Gasteiger partial charge in [-0.05, 0) is 48.2 Å². The molecule has 0 aliphatic carbocycles. The summed E-state index contributed by atoms with van der Waals surface area (Å²) in [5.41, 5.74) is 4.30. The SMILES string of the molecule is COc1ccc(Cc2nnc(SCc3cc(=O)oc4c(C)c(C)ccc34)o2)cc1. The van der Waals surface area contributed by atoms with Gasteiger partial charge in [0.05, 0.1) is 13.5 Å². The Hall–Kier alpha value is -3.06. The van der Waals surface area contributed by atoms with Crippen LogP contribution in [0.2, 0.25) is 0 Å². The van der Waals surface area contributed by atoms with Crippen LogP contribution in [0.15, 0.2) is 61.3 Å².